The molecule has 0 heterocycles. The molecule has 0 amide bonds. The summed E-state index contributed by atoms with van der Waals surface area (Å²) < 4.78 is 0. The summed E-state index contributed by atoms with van der Waals surface area (Å²) >= 11 is 7.86. The Hall–Kier alpha value is -0.140. The van der Waals surface area contributed by atoms with Crippen molar-refractivity contribution in [2.45, 2.75) is 23.6 Å². The number of thioether (sulfide) groups is 1. The smallest absolute Gasteiger partial charge is 0.0484 e. The van der Waals surface area contributed by atoms with Crippen molar-refractivity contribution in [3.05, 3.63) is 30.3 Å². The third-order valence-corrected chi connectivity index (χ3v) is 3.09. The first-order valence-electron chi connectivity index (χ1n) is 3.95. The zero-order chi connectivity index (χ0) is 9.03. The normalized spacial score (nSPS) is 11.6. The Morgan fingerprint density at radius 3 is 2.33 bits per heavy atom. The standard InChI is InChI=1S/C10H13ClS/c1-10(2,11)8-12-9-6-4-3-5-7-9/h3-7H,8H2,1-2H3. The fourth-order valence-electron chi connectivity index (χ4n) is 0.772. The van der Waals surface area contributed by atoms with Crippen LogP contribution in [0.2, 0.25) is 0 Å². The van der Waals surface area contributed by atoms with Crippen LogP contribution < -0.4 is 0 Å². The van der Waals surface area contributed by atoms with Gasteiger partial charge in [-0.25, -0.2) is 0 Å². The summed E-state index contributed by atoms with van der Waals surface area (Å²) in [6.07, 6.45) is 0. The number of benzene rings is 1. The van der Waals surface area contributed by atoms with E-state index >= 15 is 0 Å². The summed E-state index contributed by atoms with van der Waals surface area (Å²) in [4.78, 5) is 1.17. The molecule has 0 N–H and O–H groups in total. The molecule has 66 valence electrons. The lowest BCUT2D eigenvalue weighted by Gasteiger charge is -2.14. The summed E-state index contributed by atoms with van der Waals surface area (Å²) in [6.45, 7) is 4.06. The van der Waals surface area contributed by atoms with Crippen molar-refractivity contribution >= 4 is 23.4 Å². The highest BCUT2D eigenvalue weighted by molar-refractivity contribution is 7.99. The van der Waals surface area contributed by atoms with Crippen LogP contribution >= 0.6 is 23.4 Å². The lowest BCUT2D eigenvalue weighted by atomic mass is 10.3. The number of halogens is 1. The van der Waals surface area contributed by atoms with Gasteiger partial charge in [0.15, 0.2) is 0 Å². The molecule has 0 unspecified atom stereocenters. The molecule has 0 aromatic heterocycles. The average Bonchev–Trinajstić information content (AvgIpc) is 2.02. The monoisotopic (exact) mass is 200 g/mol. The van der Waals surface area contributed by atoms with Gasteiger partial charge in [-0.1, -0.05) is 18.2 Å². The second-order valence-electron chi connectivity index (χ2n) is 3.32. The zero-order valence-corrected chi connectivity index (χ0v) is 8.95. The van der Waals surface area contributed by atoms with Gasteiger partial charge in [-0.3, -0.25) is 0 Å². The van der Waals surface area contributed by atoms with Gasteiger partial charge in [0.1, 0.15) is 0 Å². The van der Waals surface area contributed by atoms with Crippen LogP contribution in [0.4, 0.5) is 0 Å². The van der Waals surface area contributed by atoms with E-state index < -0.39 is 0 Å². The summed E-state index contributed by atoms with van der Waals surface area (Å²) in [5, 5.41) is 0. The van der Waals surface area contributed by atoms with Gasteiger partial charge in [0.05, 0.1) is 0 Å². The summed E-state index contributed by atoms with van der Waals surface area (Å²) in [5.41, 5.74) is 0. The first-order valence-corrected chi connectivity index (χ1v) is 5.31. The number of alkyl halides is 1. The minimum Gasteiger partial charge on any atom is -0.124 e. The second kappa shape index (κ2) is 4.20. The Labute approximate surface area is 83.3 Å². The van der Waals surface area contributed by atoms with Crippen LogP contribution in [0.25, 0.3) is 0 Å². The molecule has 1 rings (SSSR count). The van der Waals surface area contributed by atoms with E-state index in [4.69, 9.17) is 11.6 Å². The van der Waals surface area contributed by atoms with E-state index in [1.54, 1.807) is 11.8 Å². The van der Waals surface area contributed by atoms with Crippen molar-refractivity contribution in [3.63, 3.8) is 0 Å². The van der Waals surface area contributed by atoms with Crippen LogP contribution in [0.1, 0.15) is 13.8 Å². The fraction of sp³-hybridized carbons (Fsp3) is 0.400. The molecule has 0 saturated carbocycles. The van der Waals surface area contributed by atoms with Crippen LogP contribution in [0, 0.1) is 0 Å². The molecule has 0 aliphatic carbocycles. The van der Waals surface area contributed by atoms with E-state index in [0.29, 0.717) is 0 Å². The molecule has 1 aromatic carbocycles. The summed E-state index contributed by atoms with van der Waals surface area (Å²) in [6, 6.07) is 10.3. The van der Waals surface area contributed by atoms with Crippen LogP contribution in [-0.4, -0.2) is 10.6 Å². The maximum absolute atomic E-state index is 6.06. The maximum Gasteiger partial charge on any atom is 0.0484 e. The van der Waals surface area contributed by atoms with Gasteiger partial charge in [0.25, 0.3) is 0 Å². The topological polar surface area (TPSA) is 0 Å². The molecule has 0 spiro atoms. The van der Waals surface area contributed by atoms with Crippen LogP contribution in [-0.2, 0) is 0 Å². The zero-order valence-electron chi connectivity index (χ0n) is 7.38. The third kappa shape index (κ3) is 4.03. The third-order valence-electron chi connectivity index (χ3n) is 1.33. The van der Waals surface area contributed by atoms with Gasteiger partial charge in [-0.05, 0) is 26.0 Å². The van der Waals surface area contributed by atoms with E-state index in [-0.39, 0.29) is 4.87 Å². The second-order valence-corrected chi connectivity index (χ2v) is 5.39. The van der Waals surface area contributed by atoms with Gasteiger partial charge < -0.3 is 0 Å². The van der Waals surface area contributed by atoms with E-state index in [2.05, 4.69) is 12.1 Å². The highest BCUT2D eigenvalue weighted by Crippen LogP contribution is 2.25. The number of rotatable bonds is 3. The minimum atomic E-state index is -0.111. The molecule has 0 nitrogen and oxygen atoms in total. The molecule has 1 aromatic rings. The first-order chi connectivity index (χ1) is 5.58. The predicted octanol–water partition coefficient (Wildman–Crippen LogP) is 3.80. The molecule has 0 fully saturated rings. The SMILES string of the molecule is CC(C)(Cl)CSc1ccccc1. The Morgan fingerprint density at radius 2 is 1.83 bits per heavy atom. The predicted molar refractivity (Wildman–Crippen MR) is 57.1 cm³/mol. The molecule has 0 atom stereocenters. The Bertz CT molecular complexity index is 225. The van der Waals surface area contributed by atoms with Crippen molar-refractivity contribution in [2.75, 3.05) is 5.75 Å². The van der Waals surface area contributed by atoms with Crippen LogP contribution in [0.5, 0.6) is 0 Å². The number of hydrogen-bond donors (Lipinski definition) is 0. The van der Waals surface area contributed by atoms with Crippen molar-refractivity contribution in [2.24, 2.45) is 0 Å². The summed E-state index contributed by atoms with van der Waals surface area (Å²) in [5.74, 6) is 0.943. The largest absolute Gasteiger partial charge is 0.124 e. The van der Waals surface area contributed by atoms with Crippen LogP contribution in [0.15, 0.2) is 35.2 Å². The van der Waals surface area contributed by atoms with Crippen molar-refractivity contribution in [3.8, 4) is 0 Å². The molecule has 0 bridgehead atoms. The van der Waals surface area contributed by atoms with Gasteiger partial charge in [-0.15, -0.1) is 23.4 Å². The molecule has 0 saturated heterocycles. The number of hydrogen-bond acceptors (Lipinski definition) is 1. The van der Waals surface area contributed by atoms with E-state index in [1.807, 2.05) is 32.0 Å². The highest BCUT2D eigenvalue weighted by atomic mass is 35.5. The van der Waals surface area contributed by atoms with Gasteiger partial charge in [0.2, 0.25) is 0 Å². The molecule has 0 aliphatic rings. The molecular weight excluding hydrogens is 188 g/mol. The fourth-order valence-corrected chi connectivity index (χ4v) is 1.79. The highest BCUT2D eigenvalue weighted by Gasteiger charge is 2.12. The Morgan fingerprint density at radius 1 is 1.25 bits per heavy atom. The molecule has 0 radical (unpaired) electrons. The first kappa shape index (κ1) is 9.94. The Kier molecular flexibility index (Phi) is 3.48. The van der Waals surface area contributed by atoms with Crippen molar-refractivity contribution in [1.82, 2.24) is 0 Å². The quantitative estimate of drug-likeness (QED) is 0.529. The summed E-state index contributed by atoms with van der Waals surface area (Å²) in [7, 11) is 0. The molecule has 2 heteroatoms. The van der Waals surface area contributed by atoms with E-state index in [1.165, 1.54) is 4.90 Å². The van der Waals surface area contributed by atoms with E-state index in [9.17, 15) is 0 Å². The minimum absolute atomic E-state index is 0.111. The maximum atomic E-state index is 6.06. The lowest BCUT2D eigenvalue weighted by molar-refractivity contribution is 0.801. The lowest BCUT2D eigenvalue weighted by Crippen LogP contribution is -2.13. The van der Waals surface area contributed by atoms with Gasteiger partial charge in [0, 0.05) is 15.5 Å². The molecule has 12 heavy (non-hydrogen) atoms. The van der Waals surface area contributed by atoms with Crippen molar-refractivity contribution in [1.29, 1.82) is 0 Å². The molecule has 0 aliphatic heterocycles. The molecular formula is C10H13ClS. The van der Waals surface area contributed by atoms with E-state index in [0.717, 1.165) is 5.75 Å². The van der Waals surface area contributed by atoms with Gasteiger partial charge >= 0.3 is 0 Å². The average molecular weight is 201 g/mol. The Balaban J connectivity index is 2.44. The van der Waals surface area contributed by atoms with Crippen LogP contribution in [0.3, 0.4) is 0 Å². The van der Waals surface area contributed by atoms with Crippen molar-refractivity contribution < 1.29 is 0 Å². The van der Waals surface area contributed by atoms with Gasteiger partial charge in [-0.2, -0.15) is 0 Å².